The van der Waals surface area contributed by atoms with Crippen LogP contribution in [0.25, 0.3) is 0 Å². The van der Waals surface area contributed by atoms with Crippen LogP contribution in [-0.4, -0.2) is 0 Å². The molecule has 23 heavy (non-hydrogen) atoms. The molecule has 2 unspecified atom stereocenters. The Labute approximate surface area is 131 Å². The third kappa shape index (κ3) is 4.28. The van der Waals surface area contributed by atoms with Crippen LogP contribution in [0.1, 0.15) is 42.6 Å². The average molecular weight is 329 g/mol. The molecule has 0 aliphatic heterocycles. The van der Waals surface area contributed by atoms with Crippen LogP contribution in [0.15, 0.2) is 42.5 Å². The first-order valence-corrected chi connectivity index (χ1v) is 7.06. The molecule has 0 saturated heterocycles. The Balaban J connectivity index is 2.15. The van der Waals surface area contributed by atoms with Crippen molar-refractivity contribution < 1.29 is 22.0 Å². The van der Waals surface area contributed by atoms with Crippen molar-refractivity contribution >= 4 is 0 Å². The Bertz CT molecular complexity index is 681. The zero-order valence-electron chi connectivity index (χ0n) is 12.6. The van der Waals surface area contributed by atoms with Crippen molar-refractivity contribution in [2.75, 3.05) is 0 Å². The number of benzene rings is 2. The Morgan fingerprint density at radius 3 is 2.00 bits per heavy atom. The number of hydrogen-bond acceptors (Lipinski definition) is 1. The molecule has 2 aromatic rings. The zero-order chi connectivity index (χ0) is 17.2. The van der Waals surface area contributed by atoms with Gasteiger partial charge in [0.15, 0.2) is 11.6 Å². The number of hydrogen-bond donors (Lipinski definition) is 1. The smallest absolute Gasteiger partial charge is 0.304 e. The van der Waals surface area contributed by atoms with Crippen LogP contribution < -0.4 is 5.32 Å². The molecular weight excluding hydrogens is 313 g/mol. The predicted molar refractivity (Wildman–Crippen MR) is 77.8 cm³/mol. The lowest BCUT2D eigenvalue weighted by atomic mass is 10.0. The maximum absolute atomic E-state index is 13.3. The van der Waals surface area contributed by atoms with Gasteiger partial charge in [0, 0.05) is 12.1 Å². The van der Waals surface area contributed by atoms with Gasteiger partial charge in [-0.3, -0.25) is 0 Å². The summed E-state index contributed by atoms with van der Waals surface area (Å²) in [6.07, 6.45) is -4.40. The van der Waals surface area contributed by atoms with Crippen LogP contribution in [0.3, 0.4) is 0 Å². The minimum absolute atomic E-state index is 0.352. The second-order valence-electron chi connectivity index (χ2n) is 5.41. The van der Waals surface area contributed by atoms with Crippen molar-refractivity contribution in [1.29, 1.82) is 0 Å². The van der Waals surface area contributed by atoms with Crippen molar-refractivity contribution in [3.8, 4) is 0 Å². The second-order valence-corrected chi connectivity index (χ2v) is 5.41. The van der Waals surface area contributed by atoms with E-state index < -0.39 is 23.4 Å². The lowest BCUT2D eigenvalue weighted by Gasteiger charge is -2.21. The summed E-state index contributed by atoms with van der Waals surface area (Å²) in [6.45, 7) is 3.45. The molecule has 2 rings (SSSR count). The molecule has 0 bridgehead atoms. The van der Waals surface area contributed by atoms with Crippen molar-refractivity contribution in [2.45, 2.75) is 32.1 Å². The van der Waals surface area contributed by atoms with Crippen molar-refractivity contribution in [2.24, 2.45) is 0 Å². The fourth-order valence-corrected chi connectivity index (χ4v) is 2.33. The maximum Gasteiger partial charge on any atom is 0.416 e. The third-order valence-corrected chi connectivity index (χ3v) is 3.66. The highest BCUT2D eigenvalue weighted by Crippen LogP contribution is 2.31. The summed E-state index contributed by atoms with van der Waals surface area (Å²) in [7, 11) is 0. The molecule has 0 spiro atoms. The van der Waals surface area contributed by atoms with E-state index in [1.807, 2.05) is 0 Å². The minimum atomic E-state index is -4.40. The first-order valence-electron chi connectivity index (χ1n) is 7.06. The third-order valence-electron chi connectivity index (χ3n) is 3.66. The Morgan fingerprint density at radius 2 is 1.43 bits per heavy atom. The number of alkyl halides is 3. The number of nitrogens with one attached hydrogen (secondary N) is 1. The van der Waals surface area contributed by atoms with Gasteiger partial charge >= 0.3 is 6.18 Å². The van der Waals surface area contributed by atoms with E-state index in [9.17, 15) is 22.0 Å². The molecule has 124 valence electrons. The molecule has 0 aliphatic rings. The van der Waals surface area contributed by atoms with Crippen LogP contribution >= 0.6 is 0 Å². The van der Waals surface area contributed by atoms with E-state index in [1.165, 1.54) is 12.1 Å². The monoisotopic (exact) mass is 329 g/mol. The van der Waals surface area contributed by atoms with Crippen LogP contribution in [-0.2, 0) is 6.18 Å². The molecule has 2 aromatic carbocycles. The molecule has 0 radical (unpaired) electrons. The Hall–Kier alpha value is -1.95. The molecule has 0 aromatic heterocycles. The average Bonchev–Trinajstić information content (AvgIpc) is 2.49. The van der Waals surface area contributed by atoms with Gasteiger partial charge in [0.1, 0.15) is 0 Å². The topological polar surface area (TPSA) is 12.0 Å². The van der Waals surface area contributed by atoms with Crippen LogP contribution in [0.2, 0.25) is 0 Å². The van der Waals surface area contributed by atoms with Gasteiger partial charge in [-0.2, -0.15) is 13.2 Å². The van der Waals surface area contributed by atoms with Gasteiger partial charge in [0.2, 0.25) is 0 Å². The fourth-order valence-electron chi connectivity index (χ4n) is 2.33. The summed E-state index contributed by atoms with van der Waals surface area (Å²) in [5.74, 6) is -1.89. The number of halogens is 5. The Kier molecular flexibility index (Phi) is 5.04. The summed E-state index contributed by atoms with van der Waals surface area (Å²) < 4.78 is 64.4. The molecule has 0 fully saturated rings. The van der Waals surface area contributed by atoms with Gasteiger partial charge in [0.25, 0.3) is 0 Å². The first kappa shape index (κ1) is 17.4. The van der Waals surface area contributed by atoms with Crippen LogP contribution in [0, 0.1) is 11.6 Å². The van der Waals surface area contributed by atoms with Gasteiger partial charge in [-0.15, -0.1) is 0 Å². The van der Waals surface area contributed by atoms with Gasteiger partial charge in [-0.05, 0) is 49.2 Å². The van der Waals surface area contributed by atoms with Crippen LogP contribution in [0.5, 0.6) is 0 Å². The standard InChI is InChI=1S/C17H16F5N/c1-10(12-4-3-5-14(8-12)17(20,21)22)23-11(2)13-6-7-15(18)16(19)9-13/h3-11,23H,1-2H3. The van der Waals surface area contributed by atoms with Gasteiger partial charge in [-0.25, -0.2) is 8.78 Å². The molecule has 0 amide bonds. The summed E-state index contributed by atoms with van der Waals surface area (Å²) in [5, 5.41) is 3.08. The fraction of sp³-hybridized carbons (Fsp3) is 0.294. The lowest BCUT2D eigenvalue weighted by Crippen LogP contribution is -2.23. The van der Waals surface area contributed by atoms with Crippen molar-refractivity contribution in [3.63, 3.8) is 0 Å². The molecule has 6 heteroatoms. The van der Waals surface area contributed by atoms with E-state index in [2.05, 4.69) is 5.32 Å². The zero-order valence-corrected chi connectivity index (χ0v) is 12.6. The Morgan fingerprint density at radius 1 is 0.826 bits per heavy atom. The van der Waals surface area contributed by atoms with E-state index in [0.717, 1.165) is 24.3 Å². The highest BCUT2D eigenvalue weighted by Gasteiger charge is 2.30. The van der Waals surface area contributed by atoms with Gasteiger partial charge in [-0.1, -0.05) is 18.2 Å². The summed E-state index contributed by atoms with van der Waals surface area (Å²) in [5.41, 5.74) is 0.265. The molecule has 0 aliphatic carbocycles. The quantitative estimate of drug-likeness (QED) is 0.741. The van der Waals surface area contributed by atoms with E-state index in [1.54, 1.807) is 19.9 Å². The maximum atomic E-state index is 13.3. The van der Waals surface area contributed by atoms with Gasteiger partial charge < -0.3 is 5.32 Å². The largest absolute Gasteiger partial charge is 0.416 e. The van der Waals surface area contributed by atoms with E-state index in [0.29, 0.717) is 11.1 Å². The minimum Gasteiger partial charge on any atom is -0.304 e. The molecule has 2 atom stereocenters. The normalized spacial score (nSPS) is 14.6. The van der Waals surface area contributed by atoms with E-state index in [-0.39, 0.29) is 12.1 Å². The second kappa shape index (κ2) is 6.66. The molecule has 0 saturated carbocycles. The highest BCUT2D eigenvalue weighted by molar-refractivity contribution is 5.28. The predicted octanol–water partition coefficient (Wildman–Crippen LogP) is 5.40. The van der Waals surface area contributed by atoms with Gasteiger partial charge in [0.05, 0.1) is 5.56 Å². The van der Waals surface area contributed by atoms with Crippen molar-refractivity contribution in [3.05, 3.63) is 70.8 Å². The highest BCUT2D eigenvalue weighted by atomic mass is 19.4. The van der Waals surface area contributed by atoms with Crippen molar-refractivity contribution in [1.82, 2.24) is 5.32 Å². The summed E-state index contributed by atoms with van der Waals surface area (Å²) >= 11 is 0. The summed E-state index contributed by atoms with van der Waals surface area (Å²) in [4.78, 5) is 0. The lowest BCUT2D eigenvalue weighted by molar-refractivity contribution is -0.137. The van der Waals surface area contributed by atoms with E-state index in [4.69, 9.17) is 0 Å². The summed E-state index contributed by atoms with van der Waals surface area (Å²) in [6, 6.07) is 7.82. The number of rotatable bonds is 4. The molecule has 1 nitrogen and oxygen atoms in total. The van der Waals surface area contributed by atoms with Crippen LogP contribution in [0.4, 0.5) is 22.0 Å². The van der Waals surface area contributed by atoms with E-state index >= 15 is 0 Å². The molecule has 1 N–H and O–H groups in total. The molecular formula is C17H16F5N. The first-order chi connectivity index (χ1) is 10.7. The SMILES string of the molecule is CC(NC(C)c1ccc(F)c(F)c1)c1cccc(C(F)(F)F)c1. The molecule has 0 heterocycles.